The van der Waals surface area contributed by atoms with Crippen LogP contribution in [0.5, 0.6) is 5.75 Å². The van der Waals surface area contributed by atoms with E-state index in [2.05, 4.69) is 0 Å². The first-order valence-corrected chi connectivity index (χ1v) is 7.19. The Hall–Kier alpha value is -1.07. The van der Waals surface area contributed by atoms with E-state index >= 15 is 0 Å². The number of nitrogens with two attached hydrogens (primary N) is 1. The molecule has 0 aliphatic heterocycles. The topological polar surface area (TPSA) is 69.4 Å². The van der Waals surface area contributed by atoms with Gasteiger partial charge in [0.1, 0.15) is 5.75 Å². The summed E-state index contributed by atoms with van der Waals surface area (Å²) in [5.41, 5.74) is 6.78. The van der Waals surface area contributed by atoms with Crippen LogP contribution in [0, 0.1) is 0 Å². The Labute approximate surface area is 103 Å². The van der Waals surface area contributed by atoms with Crippen molar-refractivity contribution in [3.63, 3.8) is 0 Å². The third kappa shape index (κ3) is 2.61. The van der Waals surface area contributed by atoms with Gasteiger partial charge in [0.05, 0.1) is 17.9 Å². The summed E-state index contributed by atoms with van der Waals surface area (Å²) in [6.45, 7) is 3.25. The maximum absolute atomic E-state index is 11.7. The number of hydrogen-bond donors (Lipinski definition) is 1. The quantitative estimate of drug-likeness (QED) is 0.888. The normalized spacial score (nSPS) is 14.4. The number of rotatable bonds is 4. The summed E-state index contributed by atoms with van der Waals surface area (Å²) in [6, 6.07) is 6.57. The van der Waals surface area contributed by atoms with Gasteiger partial charge in [-0.2, -0.15) is 0 Å². The predicted molar refractivity (Wildman–Crippen MR) is 68.8 cm³/mol. The number of methoxy groups -OCH3 is 1. The lowest BCUT2D eigenvalue weighted by Crippen LogP contribution is -2.42. The molecule has 0 bridgehead atoms. The minimum atomic E-state index is -3.26. The van der Waals surface area contributed by atoms with Crippen molar-refractivity contribution in [2.75, 3.05) is 13.4 Å². The van der Waals surface area contributed by atoms with Gasteiger partial charge in [-0.1, -0.05) is 18.2 Å². The number of para-hydroxylation sites is 1. The molecule has 0 heterocycles. The monoisotopic (exact) mass is 257 g/mol. The summed E-state index contributed by atoms with van der Waals surface area (Å²) in [7, 11) is -1.71. The van der Waals surface area contributed by atoms with E-state index in [-0.39, 0.29) is 0 Å². The van der Waals surface area contributed by atoms with Crippen molar-refractivity contribution in [3.05, 3.63) is 29.8 Å². The third-order valence-corrected chi connectivity index (χ3v) is 5.34. The van der Waals surface area contributed by atoms with E-state index < -0.39 is 20.6 Å². The molecule has 0 fully saturated rings. The fourth-order valence-corrected chi connectivity index (χ4v) is 2.12. The minimum absolute atomic E-state index is 0.608. The lowest BCUT2D eigenvalue weighted by molar-refractivity contribution is 0.398. The summed E-state index contributed by atoms with van der Waals surface area (Å²) in [4.78, 5) is 0. The van der Waals surface area contributed by atoms with Crippen molar-refractivity contribution >= 4 is 9.84 Å². The van der Waals surface area contributed by atoms with Crippen molar-refractivity contribution in [3.8, 4) is 5.75 Å². The Morgan fingerprint density at radius 3 is 2.29 bits per heavy atom. The molecule has 96 valence electrons. The summed E-state index contributed by atoms with van der Waals surface area (Å²) in [5.74, 6) is 0.608. The van der Waals surface area contributed by atoms with Gasteiger partial charge in [0.2, 0.25) is 0 Å². The van der Waals surface area contributed by atoms with Crippen LogP contribution in [-0.2, 0) is 9.84 Å². The molecule has 0 aliphatic carbocycles. The molecule has 2 N–H and O–H groups in total. The van der Waals surface area contributed by atoms with Gasteiger partial charge in [0.25, 0.3) is 0 Å². The second-order valence-electron chi connectivity index (χ2n) is 4.60. The largest absolute Gasteiger partial charge is 0.496 e. The highest BCUT2D eigenvalue weighted by Crippen LogP contribution is 2.34. The van der Waals surface area contributed by atoms with Gasteiger partial charge < -0.3 is 10.5 Å². The molecule has 4 nitrogen and oxygen atoms in total. The van der Waals surface area contributed by atoms with Gasteiger partial charge in [-0.3, -0.25) is 0 Å². The van der Waals surface area contributed by atoms with Gasteiger partial charge in [-0.25, -0.2) is 8.42 Å². The van der Waals surface area contributed by atoms with Crippen LogP contribution in [0.3, 0.4) is 0 Å². The third-order valence-electron chi connectivity index (χ3n) is 3.18. The van der Waals surface area contributed by atoms with Crippen LogP contribution >= 0.6 is 0 Å². The molecule has 1 rings (SSSR count). The molecule has 1 atom stereocenters. The minimum Gasteiger partial charge on any atom is -0.496 e. The molecule has 0 saturated heterocycles. The number of ether oxygens (including phenoxy) is 1. The molecular formula is C12H19NO3S. The maximum Gasteiger partial charge on any atom is 0.154 e. The van der Waals surface area contributed by atoms with Gasteiger partial charge in [-0.15, -0.1) is 0 Å². The zero-order valence-electron chi connectivity index (χ0n) is 10.6. The van der Waals surface area contributed by atoms with Crippen LogP contribution in [-0.4, -0.2) is 26.5 Å². The van der Waals surface area contributed by atoms with Gasteiger partial charge in [-0.05, 0) is 19.9 Å². The van der Waals surface area contributed by atoms with Gasteiger partial charge in [0.15, 0.2) is 9.84 Å². The van der Waals surface area contributed by atoms with E-state index in [1.807, 2.05) is 12.1 Å². The molecule has 0 radical (unpaired) electrons. The molecule has 17 heavy (non-hydrogen) atoms. The van der Waals surface area contributed by atoms with E-state index in [0.29, 0.717) is 11.3 Å². The molecule has 0 amide bonds. The molecular weight excluding hydrogens is 238 g/mol. The first-order valence-electron chi connectivity index (χ1n) is 5.30. The van der Waals surface area contributed by atoms with Gasteiger partial charge in [0, 0.05) is 11.8 Å². The first kappa shape index (κ1) is 14.0. The van der Waals surface area contributed by atoms with E-state index in [4.69, 9.17) is 10.5 Å². The van der Waals surface area contributed by atoms with Crippen LogP contribution < -0.4 is 10.5 Å². The second kappa shape index (κ2) is 4.66. The van der Waals surface area contributed by atoms with Crippen LogP contribution in [0.25, 0.3) is 0 Å². The van der Waals surface area contributed by atoms with Crippen molar-refractivity contribution in [2.45, 2.75) is 24.6 Å². The molecule has 0 saturated carbocycles. The Morgan fingerprint density at radius 2 is 1.82 bits per heavy atom. The van der Waals surface area contributed by atoms with Crippen molar-refractivity contribution in [1.29, 1.82) is 0 Å². The molecule has 1 aromatic rings. The van der Waals surface area contributed by atoms with E-state index in [1.165, 1.54) is 6.26 Å². The lowest BCUT2D eigenvalue weighted by Gasteiger charge is -2.30. The highest BCUT2D eigenvalue weighted by molar-refractivity contribution is 7.92. The Balaban J connectivity index is 3.26. The highest BCUT2D eigenvalue weighted by atomic mass is 32.2. The molecule has 1 unspecified atom stereocenters. The standard InChI is InChI=1S/C12H19NO3S/c1-12(2,17(4,14)15)11(13)9-7-5-6-8-10(9)16-3/h5-8,11H,13H2,1-4H3. The lowest BCUT2D eigenvalue weighted by atomic mass is 9.95. The van der Waals surface area contributed by atoms with Crippen molar-refractivity contribution in [2.24, 2.45) is 5.73 Å². The van der Waals surface area contributed by atoms with Gasteiger partial charge >= 0.3 is 0 Å². The predicted octanol–water partition coefficient (Wildman–Crippen LogP) is 1.52. The van der Waals surface area contributed by atoms with E-state index in [9.17, 15) is 8.42 Å². The number of benzene rings is 1. The molecule has 5 heteroatoms. The average Bonchev–Trinajstić information content (AvgIpc) is 2.26. The zero-order chi connectivity index (χ0) is 13.3. The Morgan fingerprint density at radius 1 is 1.29 bits per heavy atom. The Kier molecular flexibility index (Phi) is 3.84. The Bertz CT molecular complexity index is 494. The summed E-state index contributed by atoms with van der Waals surface area (Å²) in [6.07, 6.45) is 1.20. The molecule has 0 aromatic heterocycles. The van der Waals surface area contributed by atoms with Crippen LogP contribution in [0.4, 0.5) is 0 Å². The van der Waals surface area contributed by atoms with Crippen LogP contribution in [0.15, 0.2) is 24.3 Å². The maximum atomic E-state index is 11.7. The first-order chi connectivity index (χ1) is 7.71. The zero-order valence-corrected chi connectivity index (χ0v) is 11.4. The van der Waals surface area contributed by atoms with Crippen LogP contribution in [0.2, 0.25) is 0 Å². The number of sulfone groups is 1. The fraction of sp³-hybridized carbons (Fsp3) is 0.500. The smallest absolute Gasteiger partial charge is 0.154 e. The SMILES string of the molecule is COc1ccccc1C(N)C(C)(C)S(C)(=O)=O. The van der Waals surface area contributed by atoms with E-state index in [0.717, 1.165) is 0 Å². The second-order valence-corrected chi connectivity index (χ2v) is 7.19. The van der Waals surface area contributed by atoms with Crippen molar-refractivity contribution in [1.82, 2.24) is 0 Å². The summed E-state index contributed by atoms with van der Waals surface area (Å²) in [5, 5.41) is 0. The van der Waals surface area contributed by atoms with Crippen molar-refractivity contribution < 1.29 is 13.2 Å². The number of hydrogen-bond acceptors (Lipinski definition) is 4. The molecule has 1 aromatic carbocycles. The average molecular weight is 257 g/mol. The fourth-order valence-electron chi connectivity index (χ4n) is 1.53. The summed E-state index contributed by atoms with van der Waals surface area (Å²) >= 11 is 0. The molecule has 0 aliphatic rings. The summed E-state index contributed by atoms with van der Waals surface area (Å²) < 4.78 is 27.7. The van der Waals surface area contributed by atoms with Crippen LogP contribution in [0.1, 0.15) is 25.5 Å². The highest BCUT2D eigenvalue weighted by Gasteiger charge is 2.38. The van der Waals surface area contributed by atoms with E-state index in [1.54, 1.807) is 33.1 Å². The molecule has 0 spiro atoms.